The quantitative estimate of drug-likeness (QED) is 0.586. The lowest BCUT2D eigenvalue weighted by atomic mass is 10.0. The first-order valence-electron chi connectivity index (χ1n) is 10.9. The average Bonchev–Trinajstić information content (AvgIpc) is 3.35. The van der Waals surface area contributed by atoms with Crippen LogP contribution in [0.5, 0.6) is 0 Å². The first kappa shape index (κ1) is 22.7. The van der Waals surface area contributed by atoms with Crippen LogP contribution in [0, 0.1) is 6.92 Å². The number of rotatable bonds is 6. The second-order valence-corrected chi connectivity index (χ2v) is 10.2. The van der Waals surface area contributed by atoms with Gasteiger partial charge in [0.15, 0.2) is 9.84 Å². The fourth-order valence-corrected chi connectivity index (χ4v) is 5.38. The molecule has 0 atom stereocenters. The third-order valence-corrected chi connectivity index (χ3v) is 7.56. The molecule has 1 N–H and O–H groups in total. The molecule has 0 spiro atoms. The molecule has 4 rings (SSSR count). The highest BCUT2D eigenvalue weighted by Gasteiger charge is 2.22. The van der Waals surface area contributed by atoms with Gasteiger partial charge in [-0.1, -0.05) is 36.4 Å². The summed E-state index contributed by atoms with van der Waals surface area (Å²) in [6, 6.07) is 20.1. The van der Waals surface area contributed by atoms with E-state index in [1.165, 1.54) is 0 Å². The van der Waals surface area contributed by atoms with Crippen molar-refractivity contribution in [3.63, 3.8) is 0 Å². The number of hydrogen-bond donors (Lipinski definition) is 1. The molecule has 33 heavy (non-hydrogen) atoms. The molecular weight excluding hydrogens is 436 g/mol. The Balaban J connectivity index is 1.52. The Morgan fingerprint density at radius 2 is 1.61 bits per heavy atom. The number of nitrogens with zero attached hydrogens (tertiary/aromatic N) is 1. The van der Waals surface area contributed by atoms with Gasteiger partial charge in [0.2, 0.25) is 0 Å². The van der Waals surface area contributed by atoms with Gasteiger partial charge in [-0.3, -0.25) is 9.59 Å². The molecule has 0 saturated carbocycles. The Labute approximate surface area is 194 Å². The molecule has 1 aliphatic rings. The van der Waals surface area contributed by atoms with E-state index in [1.54, 1.807) is 72.8 Å². The van der Waals surface area contributed by atoms with E-state index in [2.05, 4.69) is 5.32 Å². The van der Waals surface area contributed by atoms with Gasteiger partial charge in [0.05, 0.1) is 10.6 Å². The number of benzene rings is 3. The second-order valence-electron chi connectivity index (χ2n) is 8.20. The Kier molecular flexibility index (Phi) is 6.60. The number of amides is 2. The van der Waals surface area contributed by atoms with Gasteiger partial charge < -0.3 is 10.2 Å². The summed E-state index contributed by atoms with van der Waals surface area (Å²) < 4.78 is 25.4. The molecule has 6 nitrogen and oxygen atoms in total. The molecule has 1 aliphatic heterocycles. The number of nitrogens with one attached hydrogen (secondary N) is 1. The summed E-state index contributed by atoms with van der Waals surface area (Å²) >= 11 is 0. The van der Waals surface area contributed by atoms with Crippen LogP contribution < -0.4 is 5.32 Å². The molecule has 1 saturated heterocycles. The smallest absolute Gasteiger partial charge is 0.255 e. The maximum absolute atomic E-state index is 12.9. The van der Waals surface area contributed by atoms with Gasteiger partial charge in [0.1, 0.15) is 0 Å². The van der Waals surface area contributed by atoms with Crippen LogP contribution in [0.2, 0.25) is 0 Å². The Bertz CT molecular complexity index is 1280. The van der Waals surface area contributed by atoms with Gasteiger partial charge in [-0.05, 0) is 67.3 Å². The highest BCUT2D eigenvalue weighted by molar-refractivity contribution is 7.90. The van der Waals surface area contributed by atoms with Crippen molar-refractivity contribution in [2.45, 2.75) is 30.4 Å². The van der Waals surface area contributed by atoms with Gasteiger partial charge in [-0.15, -0.1) is 0 Å². The Hall–Kier alpha value is -3.45. The van der Waals surface area contributed by atoms with Gasteiger partial charge in [0, 0.05) is 29.9 Å². The lowest BCUT2D eigenvalue weighted by Gasteiger charge is -2.18. The predicted molar refractivity (Wildman–Crippen MR) is 128 cm³/mol. The number of carbonyl (C=O) groups is 2. The van der Waals surface area contributed by atoms with E-state index >= 15 is 0 Å². The Morgan fingerprint density at radius 1 is 0.909 bits per heavy atom. The molecule has 0 unspecified atom stereocenters. The third-order valence-electron chi connectivity index (χ3n) is 5.85. The SMILES string of the molecule is Cc1c(NC(=O)c2cccc(CS(=O)(=O)c3ccccc3)c2)cccc1C(=O)N1CCCC1. The maximum atomic E-state index is 12.9. The zero-order valence-electron chi connectivity index (χ0n) is 18.5. The molecular formula is C26H26N2O4S. The summed E-state index contributed by atoms with van der Waals surface area (Å²) in [7, 11) is -3.52. The van der Waals surface area contributed by atoms with Gasteiger partial charge >= 0.3 is 0 Å². The number of anilines is 1. The molecule has 0 radical (unpaired) electrons. The minimum Gasteiger partial charge on any atom is -0.339 e. The summed E-state index contributed by atoms with van der Waals surface area (Å²) in [5.74, 6) is -0.575. The topological polar surface area (TPSA) is 83.5 Å². The highest BCUT2D eigenvalue weighted by Crippen LogP contribution is 2.23. The van der Waals surface area contributed by atoms with E-state index in [0.717, 1.165) is 25.9 Å². The van der Waals surface area contributed by atoms with E-state index < -0.39 is 9.84 Å². The van der Waals surface area contributed by atoms with Crippen molar-refractivity contribution in [1.29, 1.82) is 0 Å². The summed E-state index contributed by atoms with van der Waals surface area (Å²) in [4.78, 5) is 27.8. The predicted octanol–water partition coefficient (Wildman–Crippen LogP) is 4.46. The summed E-state index contributed by atoms with van der Waals surface area (Å²) in [6.45, 7) is 3.34. The molecule has 0 bridgehead atoms. The summed E-state index contributed by atoms with van der Waals surface area (Å²) in [5.41, 5.74) is 2.74. The summed E-state index contributed by atoms with van der Waals surface area (Å²) in [5, 5.41) is 2.87. The van der Waals surface area contributed by atoms with Crippen molar-refractivity contribution in [3.8, 4) is 0 Å². The van der Waals surface area contributed by atoms with Crippen molar-refractivity contribution in [3.05, 3.63) is 95.1 Å². The lowest BCUT2D eigenvalue weighted by Crippen LogP contribution is -2.28. The molecule has 7 heteroatoms. The lowest BCUT2D eigenvalue weighted by molar-refractivity contribution is 0.0791. The zero-order valence-corrected chi connectivity index (χ0v) is 19.3. The number of sulfone groups is 1. The van der Waals surface area contributed by atoms with Crippen LogP contribution in [0.4, 0.5) is 5.69 Å². The van der Waals surface area contributed by atoms with Crippen molar-refractivity contribution < 1.29 is 18.0 Å². The fourth-order valence-electron chi connectivity index (χ4n) is 4.02. The molecule has 1 fully saturated rings. The van der Waals surface area contributed by atoms with Crippen LogP contribution in [0.1, 0.15) is 44.7 Å². The van der Waals surface area contributed by atoms with Gasteiger partial charge in [0.25, 0.3) is 11.8 Å². The van der Waals surface area contributed by atoms with E-state index in [4.69, 9.17) is 0 Å². The first-order chi connectivity index (χ1) is 15.8. The third kappa shape index (κ3) is 5.14. The van der Waals surface area contributed by atoms with Crippen LogP contribution in [0.3, 0.4) is 0 Å². The van der Waals surface area contributed by atoms with Crippen molar-refractivity contribution in [2.24, 2.45) is 0 Å². The molecule has 0 aromatic heterocycles. The van der Waals surface area contributed by atoms with E-state index in [0.29, 0.717) is 27.9 Å². The van der Waals surface area contributed by atoms with E-state index in [9.17, 15) is 18.0 Å². The molecule has 170 valence electrons. The monoisotopic (exact) mass is 462 g/mol. The minimum absolute atomic E-state index is 0.0192. The average molecular weight is 463 g/mol. The van der Waals surface area contributed by atoms with Crippen molar-refractivity contribution in [1.82, 2.24) is 4.90 Å². The normalized spacial score (nSPS) is 13.7. The van der Waals surface area contributed by atoms with Crippen molar-refractivity contribution >= 4 is 27.3 Å². The van der Waals surface area contributed by atoms with E-state index in [1.807, 2.05) is 11.8 Å². The maximum Gasteiger partial charge on any atom is 0.255 e. The molecule has 2 amide bonds. The molecule has 0 aliphatic carbocycles. The van der Waals surface area contributed by atoms with Gasteiger partial charge in [-0.2, -0.15) is 0 Å². The number of carbonyl (C=O) groups excluding carboxylic acids is 2. The molecule has 1 heterocycles. The van der Waals surface area contributed by atoms with E-state index in [-0.39, 0.29) is 22.5 Å². The highest BCUT2D eigenvalue weighted by atomic mass is 32.2. The number of hydrogen-bond acceptors (Lipinski definition) is 4. The molecule has 3 aromatic rings. The van der Waals surface area contributed by atoms with Crippen LogP contribution >= 0.6 is 0 Å². The Morgan fingerprint density at radius 3 is 2.33 bits per heavy atom. The standard InChI is InChI=1S/C26H26N2O4S/c1-19-23(26(30)28-15-5-6-16-28)13-8-14-24(19)27-25(29)21-10-7-9-20(17-21)18-33(31,32)22-11-3-2-4-12-22/h2-4,7-14,17H,5-6,15-16,18H2,1H3,(H,27,29). The van der Waals surface area contributed by atoms with Crippen LogP contribution in [-0.4, -0.2) is 38.2 Å². The largest absolute Gasteiger partial charge is 0.339 e. The van der Waals surface area contributed by atoms with Crippen LogP contribution in [-0.2, 0) is 15.6 Å². The first-order valence-corrected chi connectivity index (χ1v) is 12.6. The zero-order chi connectivity index (χ0) is 23.4. The van der Waals surface area contributed by atoms with Crippen LogP contribution in [0.25, 0.3) is 0 Å². The second kappa shape index (κ2) is 9.58. The fraction of sp³-hybridized carbons (Fsp3) is 0.231. The van der Waals surface area contributed by atoms with Gasteiger partial charge in [-0.25, -0.2) is 8.42 Å². The minimum atomic E-state index is -3.52. The van der Waals surface area contributed by atoms with Crippen LogP contribution in [0.15, 0.2) is 77.7 Å². The van der Waals surface area contributed by atoms with Crippen molar-refractivity contribution in [2.75, 3.05) is 18.4 Å². The summed E-state index contributed by atoms with van der Waals surface area (Å²) in [6.07, 6.45) is 2.02. The molecule has 3 aromatic carbocycles. The number of likely N-dealkylation sites (tertiary alicyclic amines) is 1.